The lowest BCUT2D eigenvalue weighted by Crippen LogP contribution is -2.35. The molecule has 1 aliphatic carbocycles. The molecule has 3 heteroatoms. The predicted molar refractivity (Wildman–Crippen MR) is 123 cm³/mol. The maximum atomic E-state index is 14.3. The van der Waals surface area contributed by atoms with Crippen LogP contribution in [0.1, 0.15) is 49.3 Å². The van der Waals surface area contributed by atoms with Gasteiger partial charge in [0.2, 0.25) is 0 Å². The highest BCUT2D eigenvalue weighted by molar-refractivity contribution is 6.23. The third-order valence-corrected chi connectivity index (χ3v) is 6.74. The average Bonchev–Trinajstić information content (AvgIpc) is 3.01. The van der Waals surface area contributed by atoms with Gasteiger partial charge in [-0.05, 0) is 77.4 Å². The first kappa shape index (κ1) is 19.4. The quantitative estimate of drug-likeness (QED) is 0.427. The summed E-state index contributed by atoms with van der Waals surface area (Å²) in [5.74, 6) is 0.518. The van der Waals surface area contributed by atoms with Crippen molar-refractivity contribution in [2.45, 2.75) is 33.1 Å². The van der Waals surface area contributed by atoms with Crippen molar-refractivity contribution < 1.29 is 15.0 Å². The van der Waals surface area contributed by atoms with Crippen LogP contribution in [0, 0.1) is 27.7 Å². The van der Waals surface area contributed by atoms with Gasteiger partial charge in [0.25, 0.3) is 0 Å². The predicted octanol–water partition coefficient (Wildman–Crippen LogP) is 6.02. The minimum atomic E-state index is -1.05. The second kappa shape index (κ2) is 6.45. The van der Waals surface area contributed by atoms with Gasteiger partial charge in [0, 0.05) is 5.56 Å². The molecule has 0 atom stereocenters. The molecule has 0 saturated carbocycles. The molecule has 0 saturated heterocycles. The van der Waals surface area contributed by atoms with E-state index >= 15 is 0 Å². The highest BCUT2D eigenvalue weighted by Gasteiger charge is 2.50. The van der Waals surface area contributed by atoms with Gasteiger partial charge in [-0.15, -0.1) is 0 Å². The van der Waals surface area contributed by atoms with E-state index in [2.05, 4.69) is 0 Å². The number of carbonyl (C=O) groups is 1. The number of carbonyl (C=O) groups excluding carboxylic acids is 1. The van der Waals surface area contributed by atoms with E-state index in [-0.39, 0.29) is 17.3 Å². The van der Waals surface area contributed by atoms with Gasteiger partial charge >= 0.3 is 0 Å². The third-order valence-electron chi connectivity index (χ3n) is 6.74. The zero-order valence-electron chi connectivity index (χ0n) is 18.1. The van der Waals surface area contributed by atoms with Gasteiger partial charge in [0.05, 0.1) is 0 Å². The van der Waals surface area contributed by atoms with Crippen LogP contribution in [0.3, 0.4) is 0 Å². The van der Waals surface area contributed by atoms with Crippen molar-refractivity contribution in [3.8, 4) is 11.5 Å². The Labute approximate surface area is 181 Å². The van der Waals surface area contributed by atoms with Crippen molar-refractivity contribution in [1.29, 1.82) is 0 Å². The fourth-order valence-electron chi connectivity index (χ4n) is 5.25. The van der Waals surface area contributed by atoms with Crippen molar-refractivity contribution in [3.63, 3.8) is 0 Å². The zero-order chi connectivity index (χ0) is 22.1. The number of aryl methyl sites for hydroxylation is 4. The molecule has 0 radical (unpaired) electrons. The van der Waals surface area contributed by atoms with E-state index in [9.17, 15) is 15.0 Å². The molecule has 4 aromatic carbocycles. The Morgan fingerprint density at radius 1 is 0.677 bits per heavy atom. The molecular weight excluding hydrogens is 384 g/mol. The maximum Gasteiger partial charge on any atom is 0.182 e. The number of aromatic hydroxyl groups is 2. The standard InChI is InChI=1S/C28H24O3/c1-15-11-20(12-16(2)25(15)29)28(21-13-17(3)26(30)18(4)14-21)23-10-6-8-19-7-5-9-22(24(19)23)27(28)31/h5-14,29-30H,1-4H3. The van der Waals surface area contributed by atoms with E-state index in [1.54, 1.807) is 0 Å². The molecular formula is C28H24O3. The van der Waals surface area contributed by atoms with Gasteiger partial charge in [-0.2, -0.15) is 0 Å². The zero-order valence-corrected chi connectivity index (χ0v) is 18.1. The average molecular weight is 408 g/mol. The Morgan fingerprint density at radius 2 is 1.13 bits per heavy atom. The molecule has 5 rings (SSSR count). The lowest BCUT2D eigenvalue weighted by molar-refractivity contribution is 0.0944. The number of Topliss-reactive ketones (excluding diaryl/α,β-unsaturated/α-hetero) is 1. The van der Waals surface area contributed by atoms with Gasteiger partial charge in [-0.25, -0.2) is 0 Å². The van der Waals surface area contributed by atoms with Crippen molar-refractivity contribution in [3.05, 3.63) is 105 Å². The van der Waals surface area contributed by atoms with Gasteiger partial charge in [0.15, 0.2) is 5.78 Å². The fourth-order valence-corrected chi connectivity index (χ4v) is 5.25. The maximum absolute atomic E-state index is 14.3. The second-order valence-corrected chi connectivity index (χ2v) is 8.71. The molecule has 31 heavy (non-hydrogen) atoms. The van der Waals surface area contributed by atoms with E-state index in [1.807, 2.05) is 88.4 Å². The van der Waals surface area contributed by atoms with Crippen LogP contribution in [0.25, 0.3) is 10.8 Å². The topological polar surface area (TPSA) is 57.5 Å². The number of hydrogen-bond acceptors (Lipinski definition) is 3. The molecule has 1 aliphatic rings. The summed E-state index contributed by atoms with van der Waals surface area (Å²) in [7, 11) is 0. The van der Waals surface area contributed by atoms with Crippen LogP contribution in [0.15, 0.2) is 60.7 Å². The summed E-state index contributed by atoms with van der Waals surface area (Å²) >= 11 is 0. The normalized spacial score (nSPS) is 14.4. The van der Waals surface area contributed by atoms with Gasteiger partial charge in [-0.3, -0.25) is 4.79 Å². The lowest BCUT2D eigenvalue weighted by Gasteiger charge is -2.32. The molecule has 0 heterocycles. The molecule has 0 aromatic heterocycles. The minimum Gasteiger partial charge on any atom is -0.507 e. The van der Waals surface area contributed by atoms with Gasteiger partial charge < -0.3 is 10.2 Å². The Bertz CT molecular complexity index is 1300. The van der Waals surface area contributed by atoms with Crippen LogP contribution >= 0.6 is 0 Å². The summed E-state index contributed by atoms with van der Waals surface area (Å²) in [5.41, 5.74) is 5.21. The van der Waals surface area contributed by atoms with Crippen LogP contribution in [-0.4, -0.2) is 16.0 Å². The van der Waals surface area contributed by atoms with E-state index in [0.717, 1.165) is 49.7 Å². The Kier molecular flexibility index (Phi) is 4.03. The molecule has 0 amide bonds. The smallest absolute Gasteiger partial charge is 0.182 e. The highest BCUT2D eigenvalue weighted by atomic mass is 16.3. The largest absolute Gasteiger partial charge is 0.507 e. The van der Waals surface area contributed by atoms with E-state index < -0.39 is 5.41 Å². The third kappa shape index (κ3) is 2.43. The molecule has 0 spiro atoms. The molecule has 0 unspecified atom stereocenters. The van der Waals surface area contributed by atoms with Crippen LogP contribution in [0.4, 0.5) is 0 Å². The highest BCUT2D eigenvalue weighted by Crippen LogP contribution is 2.52. The second-order valence-electron chi connectivity index (χ2n) is 8.71. The number of phenols is 2. The molecule has 154 valence electrons. The van der Waals surface area contributed by atoms with Crippen LogP contribution in [-0.2, 0) is 5.41 Å². The summed E-state index contributed by atoms with van der Waals surface area (Å²) < 4.78 is 0. The van der Waals surface area contributed by atoms with Crippen molar-refractivity contribution >= 4 is 16.6 Å². The summed E-state index contributed by atoms with van der Waals surface area (Å²) in [6.07, 6.45) is 0. The number of benzene rings is 4. The molecule has 3 nitrogen and oxygen atoms in total. The Balaban J connectivity index is 1.98. The minimum absolute atomic E-state index is 0.0216. The molecule has 4 aromatic rings. The van der Waals surface area contributed by atoms with Crippen molar-refractivity contribution in [1.82, 2.24) is 0 Å². The first-order valence-electron chi connectivity index (χ1n) is 10.4. The monoisotopic (exact) mass is 408 g/mol. The summed E-state index contributed by atoms with van der Waals surface area (Å²) in [6.45, 7) is 7.44. The fraction of sp³-hybridized carbons (Fsp3) is 0.179. The van der Waals surface area contributed by atoms with Crippen molar-refractivity contribution in [2.75, 3.05) is 0 Å². The van der Waals surface area contributed by atoms with E-state index in [0.29, 0.717) is 5.56 Å². The summed E-state index contributed by atoms with van der Waals surface area (Å²) in [4.78, 5) is 14.3. The molecule has 0 bridgehead atoms. The Morgan fingerprint density at radius 3 is 1.61 bits per heavy atom. The number of ketones is 1. The number of rotatable bonds is 2. The first-order valence-corrected chi connectivity index (χ1v) is 10.4. The molecule has 2 N–H and O–H groups in total. The van der Waals surface area contributed by atoms with E-state index in [4.69, 9.17) is 0 Å². The van der Waals surface area contributed by atoms with Crippen LogP contribution in [0.2, 0.25) is 0 Å². The SMILES string of the molecule is Cc1cc(C2(c3cc(C)c(O)c(C)c3)C(=O)c3cccc4cccc2c34)cc(C)c1O. The summed E-state index contributed by atoms with van der Waals surface area (Å²) in [5, 5.41) is 22.9. The van der Waals surface area contributed by atoms with Gasteiger partial charge in [0.1, 0.15) is 16.9 Å². The first-order chi connectivity index (χ1) is 14.8. The Hall–Kier alpha value is -3.59. The van der Waals surface area contributed by atoms with Crippen LogP contribution in [0.5, 0.6) is 11.5 Å². The van der Waals surface area contributed by atoms with Crippen LogP contribution < -0.4 is 0 Å². The number of phenolic OH excluding ortho intramolecular Hbond substituents is 2. The lowest BCUT2D eigenvalue weighted by atomic mass is 9.67. The number of hydrogen-bond donors (Lipinski definition) is 2. The van der Waals surface area contributed by atoms with Crippen molar-refractivity contribution in [2.24, 2.45) is 0 Å². The van der Waals surface area contributed by atoms with E-state index in [1.165, 1.54) is 0 Å². The summed E-state index contributed by atoms with van der Waals surface area (Å²) in [6, 6.07) is 19.6. The molecule has 0 aliphatic heterocycles. The van der Waals surface area contributed by atoms with Gasteiger partial charge in [-0.1, -0.05) is 60.7 Å². The molecule has 0 fully saturated rings.